The summed E-state index contributed by atoms with van der Waals surface area (Å²) in [6.45, 7) is 1.59. The van der Waals surface area contributed by atoms with E-state index in [4.69, 9.17) is 0 Å². The van der Waals surface area contributed by atoms with Crippen LogP contribution in [0.25, 0.3) is 0 Å². The molecule has 0 fully saturated rings. The van der Waals surface area contributed by atoms with E-state index in [-0.39, 0.29) is 18.1 Å². The van der Waals surface area contributed by atoms with Crippen LogP contribution in [0.5, 0.6) is 0 Å². The highest BCUT2D eigenvalue weighted by molar-refractivity contribution is 9.11. The molecule has 0 aliphatic carbocycles. The molecular formula is C11H8BrF2N3OS. The van der Waals surface area contributed by atoms with Crippen molar-refractivity contribution < 1.29 is 13.6 Å². The largest absolute Gasteiger partial charge is 0.346 e. The zero-order valence-electron chi connectivity index (χ0n) is 9.71. The molecule has 0 atom stereocenters. The van der Waals surface area contributed by atoms with Gasteiger partial charge in [-0.1, -0.05) is 0 Å². The number of nitrogens with one attached hydrogen (secondary N) is 1. The Bertz CT molecular complexity index is 632. The molecule has 0 saturated heterocycles. The monoisotopic (exact) mass is 347 g/mol. The molecule has 4 nitrogen and oxygen atoms in total. The molecule has 2 rings (SSSR count). The van der Waals surface area contributed by atoms with Gasteiger partial charge in [0.25, 0.3) is 5.91 Å². The number of aromatic nitrogens is 2. The third kappa shape index (κ3) is 3.32. The number of hydrogen-bond acceptors (Lipinski definition) is 4. The molecule has 2 aromatic rings. The first-order valence-electron chi connectivity index (χ1n) is 5.18. The van der Waals surface area contributed by atoms with Crippen molar-refractivity contribution in [1.29, 1.82) is 0 Å². The summed E-state index contributed by atoms with van der Waals surface area (Å²) < 4.78 is 26.6. The van der Waals surface area contributed by atoms with Gasteiger partial charge in [-0.25, -0.2) is 13.8 Å². The summed E-state index contributed by atoms with van der Waals surface area (Å²) >= 11 is 4.36. The minimum atomic E-state index is -0.789. The van der Waals surface area contributed by atoms with Gasteiger partial charge >= 0.3 is 0 Å². The van der Waals surface area contributed by atoms with Gasteiger partial charge in [0.15, 0.2) is 3.92 Å². The van der Waals surface area contributed by atoms with E-state index in [9.17, 15) is 13.6 Å². The van der Waals surface area contributed by atoms with Crippen molar-refractivity contribution in [3.05, 3.63) is 44.1 Å². The van der Waals surface area contributed by atoms with E-state index in [1.165, 1.54) is 11.3 Å². The molecule has 0 aliphatic heterocycles. The second kappa shape index (κ2) is 5.70. The normalized spacial score (nSPS) is 10.5. The van der Waals surface area contributed by atoms with Gasteiger partial charge in [0, 0.05) is 6.07 Å². The van der Waals surface area contributed by atoms with E-state index < -0.39 is 11.6 Å². The molecular weight excluding hydrogens is 340 g/mol. The summed E-state index contributed by atoms with van der Waals surface area (Å²) in [7, 11) is 0. The van der Waals surface area contributed by atoms with Crippen LogP contribution in [-0.2, 0) is 6.54 Å². The molecule has 0 spiro atoms. The topological polar surface area (TPSA) is 54.9 Å². The Morgan fingerprint density at radius 3 is 2.84 bits per heavy atom. The predicted octanol–water partition coefficient (Wildman–Crippen LogP) is 2.82. The van der Waals surface area contributed by atoms with Crippen LogP contribution in [0.3, 0.4) is 0 Å². The van der Waals surface area contributed by atoms with Gasteiger partial charge < -0.3 is 5.32 Å². The van der Waals surface area contributed by atoms with Crippen molar-refractivity contribution in [2.75, 3.05) is 0 Å². The average Bonchev–Trinajstić information content (AvgIpc) is 2.67. The number of carbonyl (C=O) groups excluding carboxylic acids is 1. The van der Waals surface area contributed by atoms with E-state index >= 15 is 0 Å². The maximum Gasteiger partial charge on any atom is 0.263 e. The summed E-state index contributed by atoms with van der Waals surface area (Å²) in [4.78, 5) is 19.9. The molecule has 2 heterocycles. The van der Waals surface area contributed by atoms with Crippen molar-refractivity contribution in [2.45, 2.75) is 13.5 Å². The fourth-order valence-corrected chi connectivity index (χ4v) is 2.85. The molecule has 0 radical (unpaired) electrons. The predicted molar refractivity (Wildman–Crippen MR) is 69.9 cm³/mol. The molecule has 19 heavy (non-hydrogen) atoms. The van der Waals surface area contributed by atoms with Crippen LogP contribution < -0.4 is 5.32 Å². The van der Waals surface area contributed by atoms with Gasteiger partial charge in [0.1, 0.15) is 16.5 Å². The first-order valence-corrected chi connectivity index (χ1v) is 6.79. The number of thiazole rings is 1. The molecule has 1 N–H and O–H groups in total. The molecule has 0 aromatic carbocycles. The number of nitrogens with zero attached hydrogens (tertiary/aromatic N) is 2. The second-order valence-corrected chi connectivity index (χ2v) is 5.92. The maximum atomic E-state index is 13.3. The summed E-state index contributed by atoms with van der Waals surface area (Å²) in [5, 5.41) is 2.52. The minimum Gasteiger partial charge on any atom is -0.346 e. The van der Waals surface area contributed by atoms with E-state index in [2.05, 4.69) is 31.2 Å². The fraction of sp³-hybridized carbons (Fsp3) is 0.182. The Kier molecular flexibility index (Phi) is 4.20. The van der Waals surface area contributed by atoms with Crippen LogP contribution >= 0.6 is 27.3 Å². The standard InChI is InChI=1S/C11H8BrF2N3OS/c1-5-9(19-11(12)17-5)10(18)16-4-8-7(14)2-6(13)3-15-8/h2-3H,4H2,1H3,(H,16,18). The molecule has 8 heteroatoms. The smallest absolute Gasteiger partial charge is 0.263 e. The van der Waals surface area contributed by atoms with Gasteiger partial charge in [-0.3, -0.25) is 9.78 Å². The van der Waals surface area contributed by atoms with Crippen molar-refractivity contribution >= 4 is 33.2 Å². The lowest BCUT2D eigenvalue weighted by atomic mass is 10.3. The van der Waals surface area contributed by atoms with Crippen LogP contribution in [0.2, 0.25) is 0 Å². The number of amides is 1. The molecule has 0 saturated carbocycles. The number of aryl methyl sites for hydroxylation is 1. The fourth-order valence-electron chi connectivity index (χ4n) is 1.39. The molecule has 100 valence electrons. The van der Waals surface area contributed by atoms with Gasteiger partial charge in [-0.15, -0.1) is 11.3 Å². The SMILES string of the molecule is Cc1nc(Br)sc1C(=O)NCc1ncc(F)cc1F. The second-order valence-electron chi connectivity index (χ2n) is 3.65. The molecule has 0 aliphatic rings. The van der Waals surface area contributed by atoms with Gasteiger partial charge in [0.05, 0.1) is 24.1 Å². The lowest BCUT2D eigenvalue weighted by molar-refractivity contribution is 0.0953. The Balaban J connectivity index is 2.06. The van der Waals surface area contributed by atoms with Crippen molar-refractivity contribution in [1.82, 2.24) is 15.3 Å². The van der Waals surface area contributed by atoms with E-state index in [1.54, 1.807) is 6.92 Å². The Labute approximate surface area is 120 Å². The average molecular weight is 348 g/mol. The molecule has 1 amide bonds. The third-order valence-electron chi connectivity index (χ3n) is 2.28. The molecule has 2 aromatic heterocycles. The zero-order valence-corrected chi connectivity index (χ0v) is 12.1. The Hall–Kier alpha value is -1.41. The maximum absolute atomic E-state index is 13.3. The lowest BCUT2D eigenvalue weighted by Crippen LogP contribution is -2.23. The number of rotatable bonds is 3. The summed E-state index contributed by atoms with van der Waals surface area (Å²) in [6.07, 6.45) is 0.902. The number of halogens is 3. The van der Waals surface area contributed by atoms with E-state index in [0.29, 0.717) is 14.5 Å². The summed E-state index contributed by atoms with van der Waals surface area (Å²) in [6, 6.07) is 0.725. The molecule has 0 unspecified atom stereocenters. The first kappa shape index (κ1) is 14.0. The molecule has 0 bridgehead atoms. The Morgan fingerprint density at radius 1 is 1.53 bits per heavy atom. The highest BCUT2D eigenvalue weighted by Gasteiger charge is 2.15. The van der Waals surface area contributed by atoms with E-state index in [1.807, 2.05) is 0 Å². The number of hydrogen-bond donors (Lipinski definition) is 1. The summed E-state index contributed by atoms with van der Waals surface area (Å²) in [5.74, 6) is -1.91. The number of carbonyl (C=O) groups is 1. The van der Waals surface area contributed by atoms with Crippen molar-refractivity contribution in [3.8, 4) is 0 Å². The minimum absolute atomic E-state index is 0.0176. The van der Waals surface area contributed by atoms with Crippen LogP contribution in [-0.4, -0.2) is 15.9 Å². The highest BCUT2D eigenvalue weighted by atomic mass is 79.9. The van der Waals surface area contributed by atoms with Crippen LogP contribution in [0.15, 0.2) is 16.2 Å². The summed E-state index contributed by atoms with van der Waals surface area (Å²) in [5.41, 5.74) is 0.567. The van der Waals surface area contributed by atoms with E-state index in [0.717, 1.165) is 12.3 Å². The highest BCUT2D eigenvalue weighted by Crippen LogP contribution is 2.22. The first-order chi connectivity index (χ1) is 8.97. The van der Waals surface area contributed by atoms with Gasteiger partial charge in [0.2, 0.25) is 0 Å². The van der Waals surface area contributed by atoms with Gasteiger partial charge in [-0.05, 0) is 22.9 Å². The van der Waals surface area contributed by atoms with Crippen LogP contribution in [0, 0.1) is 18.6 Å². The zero-order chi connectivity index (χ0) is 14.0. The number of pyridine rings is 1. The lowest BCUT2D eigenvalue weighted by Gasteiger charge is -2.04. The third-order valence-corrected chi connectivity index (χ3v) is 3.88. The van der Waals surface area contributed by atoms with Crippen LogP contribution in [0.4, 0.5) is 8.78 Å². The van der Waals surface area contributed by atoms with Crippen LogP contribution in [0.1, 0.15) is 21.1 Å². The Morgan fingerprint density at radius 2 is 2.26 bits per heavy atom. The van der Waals surface area contributed by atoms with Gasteiger partial charge in [-0.2, -0.15) is 0 Å². The van der Waals surface area contributed by atoms with Crippen molar-refractivity contribution in [3.63, 3.8) is 0 Å². The van der Waals surface area contributed by atoms with Crippen molar-refractivity contribution in [2.24, 2.45) is 0 Å². The quantitative estimate of drug-likeness (QED) is 0.928.